The van der Waals surface area contributed by atoms with Crippen molar-refractivity contribution in [3.05, 3.63) is 75.1 Å². The van der Waals surface area contributed by atoms with Gasteiger partial charge < -0.3 is 24.8 Å². The van der Waals surface area contributed by atoms with Crippen LogP contribution in [0.3, 0.4) is 0 Å². The molecule has 2 aliphatic carbocycles. The van der Waals surface area contributed by atoms with Gasteiger partial charge in [0, 0.05) is 0 Å². The fraction of sp³-hybridized carbons (Fsp3) is 0.238. The van der Waals surface area contributed by atoms with E-state index in [0.29, 0.717) is 0 Å². The van der Waals surface area contributed by atoms with Gasteiger partial charge in [-0.15, -0.1) is 0 Å². The largest absolute Gasteiger partial charge is 1.00 e. The summed E-state index contributed by atoms with van der Waals surface area (Å²) in [5.41, 5.74) is 6.11. The second-order valence-electron chi connectivity index (χ2n) is 6.56. The van der Waals surface area contributed by atoms with E-state index in [0.717, 1.165) is 10.0 Å². The molecule has 0 unspecified atom stereocenters. The van der Waals surface area contributed by atoms with Crippen molar-refractivity contribution < 1.29 is 46.6 Å². The van der Waals surface area contributed by atoms with Crippen molar-refractivity contribution >= 4 is 3.27 Å². The zero-order valence-corrected chi connectivity index (χ0v) is 18.0. The van der Waals surface area contributed by atoms with Crippen LogP contribution in [0.15, 0.2) is 64.0 Å². The molecule has 3 heteroatoms. The van der Waals surface area contributed by atoms with Crippen LogP contribution in [0.2, 0.25) is 3.63 Å². The summed E-state index contributed by atoms with van der Waals surface area (Å²) in [4.78, 5) is 0. The Morgan fingerprint density at radius 1 is 0.917 bits per heavy atom. The van der Waals surface area contributed by atoms with E-state index in [1.807, 2.05) is 0 Å². The van der Waals surface area contributed by atoms with E-state index in [-0.39, 0.29) is 24.8 Å². The maximum atomic E-state index is 2.44. The molecule has 0 fully saturated rings. The molecule has 0 amide bonds. The van der Waals surface area contributed by atoms with Crippen LogP contribution in [-0.2, 0) is 28.2 Å². The average Bonchev–Trinajstić information content (AvgIpc) is 3.15. The fourth-order valence-corrected chi connectivity index (χ4v) is 11.6. The zero-order valence-electron chi connectivity index (χ0n) is 14.0. The van der Waals surface area contributed by atoms with Crippen LogP contribution in [0.25, 0.3) is 11.1 Å². The van der Waals surface area contributed by atoms with Gasteiger partial charge in [-0.1, -0.05) is 0 Å². The van der Waals surface area contributed by atoms with E-state index in [4.69, 9.17) is 0 Å². The summed E-state index contributed by atoms with van der Waals surface area (Å²) in [5, 5.41) is 0. The van der Waals surface area contributed by atoms with E-state index in [1.54, 1.807) is 12.1 Å². The van der Waals surface area contributed by atoms with Gasteiger partial charge in [-0.05, 0) is 0 Å². The molecule has 0 spiro atoms. The number of hydrogen-bond acceptors (Lipinski definition) is 0. The first-order chi connectivity index (χ1) is 10.8. The van der Waals surface area contributed by atoms with Crippen molar-refractivity contribution in [3.63, 3.8) is 0 Å². The third-order valence-corrected chi connectivity index (χ3v) is 12.9. The van der Waals surface area contributed by atoms with Crippen LogP contribution >= 0.6 is 0 Å². The Hall–Kier alpha value is -0.617. The maximum absolute atomic E-state index is 2.44. The van der Waals surface area contributed by atoms with Gasteiger partial charge in [0.05, 0.1) is 0 Å². The topological polar surface area (TPSA) is 0 Å². The summed E-state index contributed by atoms with van der Waals surface area (Å²) in [6.07, 6.45) is 9.34. The first-order valence-electron chi connectivity index (χ1n) is 8.19. The molecule has 0 nitrogen and oxygen atoms in total. The second-order valence-corrected chi connectivity index (χ2v) is 14.3. The van der Waals surface area contributed by atoms with E-state index in [1.165, 1.54) is 23.1 Å². The SMILES string of the molecule is C[CH](C)[Zr+2]([C]1=CC=CC1)[c]1cccc2c1Cc1ccccc1-2.[Cl-].[Cl-]. The van der Waals surface area contributed by atoms with E-state index in [2.05, 4.69) is 74.5 Å². The Morgan fingerprint density at radius 3 is 2.38 bits per heavy atom. The Morgan fingerprint density at radius 2 is 1.67 bits per heavy atom. The second kappa shape index (κ2) is 8.17. The first kappa shape index (κ1) is 19.7. The normalized spacial score (nSPS) is 13.7. The molecule has 24 heavy (non-hydrogen) atoms. The standard InChI is InChI=1S/C13H9.C5H5.C3H7.2ClH.Zr/c1-3-7-12-10(5-1)9-11-6-2-4-8-13(11)12;1-2-4-5-3-1;1-3-2;;;/h1-5,7-8H,9H2;1-3H,4H2;3H,1-2H3;2*1H;/q;;;;;+2/p-2. The van der Waals surface area contributed by atoms with Crippen LogP contribution in [0.4, 0.5) is 0 Å². The molecule has 0 aliphatic heterocycles. The molecule has 0 atom stereocenters. The molecule has 4 rings (SSSR count). The summed E-state index contributed by atoms with van der Waals surface area (Å²) >= 11 is -1.78. The third-order valence-electron chi connectivity index (χ3n) is 4.84. The Balaban J connectivity index is 0.00000104. The monoisotopic (exact) mass is 433 g/mol. The number of allylic oxidation sites excluding steroid dienone is 4. The summed E-state index contributed by atoms with van der Waals surface area (Å²) < 4.78 is 4.33. The summed E-state index contributed by atoms with van der Waals surface area (Å²) in [5.74, 6) is 0. The minimum atomic E-state index is -1.78. The fourth-order valence-electron chi connectivity index (χ4n) is 3.91. The molecule has 0 N–H and O–H groups in total. The number of halogens is 2. The quantitative estimate of drug-likeness (QED) is 0.505. The van der Waals surface area contributed by atoms with Crippen LogP contribution in [0.5, 0.6) is 0 Å². The van der Waals surface area contributed by atoms with Gasteiger partial charge in [0.2, 0.25) is 0 Å². The van der Waals surface area contributed by atoms with Gasteiger partial charge in [0.1, 0.15) is 0 Å². The Bertz CT molecular complexity index is 790. The summed E-state index contributed by atoms with van der Waals surface area (Å²) in [6, 6.07) is 16.0. The van der Waals surface area contributed by atoms with Crippen molar-refractivity contribution in [2.45, 2.75) is 30.3 Å². The number of fused-ring (bicyclic) bond motifs is 3. The predicted molar refractivity (Wildman–Crippen MR) is 91.3 cm³/mol. The van der Waals surface area contributed by atoms with Crippen LogP contribution in [0.1, 0.15) is 31.4 Å². The molecule has 0 aromatic heterocycles. The van der Waals surface area contributed by atoms with E-state index < -0.39 is 21.8 Å². The van der Waals surface area contributed by atoms with E-state index in [9.17, 15) is 0 Å². The molecular formula is C21H21Cl2Zr. The number of benzene rings is 2. The van der Waals surface area contributed by atoms with Gasteiger partial charge in [-0.25, -0.2) is 0 Å². The number of rotatable bonds is 3. The first-order valence-corrected chi connectivity index (χ1v) is 12.1. The molecule has 0 saturated carbocycles. The molecule has 0 bridgehead atoms. The summed E-state index contributed by atoms with van der Waals surface area (Å²) in [6.45, 7) is 4.88. The minimum Gasteiger partial charge on any atom is -1.00 e. The van der Waals surface area contributed by atoms with Crippen LogP contribution in [0, 0.1) is 0 Å². The minimum absolute atomic E-state index is 0. The molecular weight excluding hydrogens is 414 g/mol. The van der Waals surface area contributed by atoms with Crippen molar-refractivity contribution in [2.75, 3.05) is 0 Å². The van der Waals surface area contributed by atoms with Crippen molar-refractivity contribution in [1.29, 1.82) is 0 Å². The third kappa shape index (κ3) is 3.36. The maximum Gasteiger partial charge on any atom is -1.00 e. The molecule has 0 radical (unpaired) electrons. The number of hydrogen-bond donors (Lipinski definition) is 0. The van der Waals surface area contributed by atoms with Crippen LogP contribution < -0.4 is 28.1 Å². The molecule has 123 valence electrons. The van der Waals surface area contributed by atoms with Gasteiger partial charge in [-0.3, -0.25) is 0 Å². The van der Waals surface area contributed by atoms with Crippen molar-refractivity contribution in [1.82, 2.24) is 0 Å². The van der Waals surface area contributed by atoms with Crippen molar-refractivity contribution in [2.24, 2.45) is 0 Å². The molecule has 2 aromatic rings. The van der Waals surface area contributed by atoms with Crippen molar-refractivity contribution in [3.8, 4) is 11.1 Å². The van der Waals surface area contributed by atoms with Gasteiger partial charge >= 0.3 is 142 Å². The zero-order chi connectivity index (χ0) is 15.1. The van der Waals surface area contributed by atoms with E-state index >= 15 is 0 Å². The van der Waals surface area contributed by atoms with Gasteiger partial charge in [0.25, 0.3) is 0 Å². The molecule has 0 heterocycles. The van der Waals surface area contributed by atoms with Gasteiger partial charge in [-0.2, -0.15) is 0 Å². The molecule has 0 saturated heterocycles. The molecule has 2 aliphatic rings. The summed E-state index contributed by atoms with van der Waals surface area (Å²) in [7, 11) is 0. The molecule has 2 aromatic carbocycles. The van der Waals surface area contributed by atoms with Gasteiger partial charge in [0.15, 0.2) is 0 Å². The Labute approximate surface area is 165 Å². The van der Waals surface area contributed by atoms with Crippen LogP contribution in [-0.4, -0.2) is 0 Å². The Kier molecular flexibility index (Phi) is 6.71. The predicted octanol–water partition coefficient (Wildman–Crippen LogP) is -0.819. The average molecular weight is 436 g/mol. The smallest absolute Gasteiger partial charge is 1.00 e.